The molecule has 0 aliphatic heterocycles. The minimum Gasteiger partial charge on any atom is -0.0798 e. The van der Waals surface area contributed by atoms with Crippen LogP contribution >= 0.6 is 0 Å². The molecule has 0 atom stereocenters. The third-order valence-corrected chi connectivity index (χ3v) is 10.7. The second-order valence-electron chi connectivity index (χ2n) is 13.2. The average Bonchev–Trinajstić information content (AvgIpc) is 3.11. The zero-order chi connectivity index (χ0) is 30.5. The summed E-state index contributed by atoms with van der Waals surface area (Å²) in [4.78, 5) is 0. The smallest absolute Gasteiger partial charge is 0.00206 e. The molecule has 0 N–H and O–H groups in total. The van der Waals surface area contributed by atoms with Gasteiger partial charge in [0.15, 0.2) is 0 Å². The Labute approximate surface area is 268 Å². The highest BCUT2D eigenvalue weighted by atomic mass is 14.2. The molecule has 0 fully saturated rings. The second kappa shape index (κ2) is 9.52. The number of allylic oxidation sites excluding steroid dienone is 1. The molecule has 0 amide bonds. The Hall–Kier alpha value is -5.46. The molecule has 0 aromatic heterocycles. The first kappa shape index (κ1) is 25.8. The summed E-state index contributed by atoms with van der Waals surface area (Å²) in [5.41, 5.74) is 9.52. The summed E-state index contributed by atoms with van der Waals surface area (Å²) in [5.74, 6) is 0. The summed E-state index contributed by atoms with van der Waals surface area (Å²) in [6.07, 6.45) is 6.84. The molecule has 0 saturated carbocycles. The van der Waals surface area contributed by atoms with Crippen LogP contribution in [0.25, 0.3) is 93.5 Å². The first-order valence-electron chi connectivity index (χ1n) is 16.5. The van der Waals surface area contributed by atoms with Crippen molar-refractivity contribution < 1.29 is 0 Å². The number of benzene rings is 9. The van der Waals surface area contributed by atoms with Gasteiger partial charge in [-0.05, 0) is 154 Å². The van der Waals surface area contributed by atoms with E-state index in [2.05, 4.69) is 147 Å². The van der Waals surface area contributed by atoms with E-state index in [-0.39, 0.29) is 0 Å². The van der Waals surface area contributed by atoms with Crippen molar-refractivity contribution in [2.45, 2.75) is 26.7 Å². The van der Waals surface area contributed by atoms with E-state index in [1.807, 2.05) is 0 Å². The zero-order valence-electron chi connectivity index (χ0n) is 26.1. The van der Waals surface area contributed by atoms with Crippen LogP contribution < -0.4 is 5.22 Å². The van der Waals surface area contributed by atoms with Crippen molar-refractivity contribution in [1.29, 1.82) is 0 Å². The Kier molecular flexibility index (Phi) is 5.35. The molecule has 1 aliphatic rings. The van der Waals surface area contributed by atoms with Crippen molar-refractivity contribution in [3.8, 4) is 11.1 Å². The highest BCUT2D eigenvalue weighted by molar-refractivity contribution is 6.25. The number of hydrogen-bond acceptors (Lipinski definition) is 0. The van der Waals surface area contributed by atoms with E-state index in [1.165, 1.54) is 109 Å². The van der Waals surface area contributed by atoms with Crippen LogP contribution in [0, 0.1) is 6.92 Å². The molecule has 0 heteroatoms. The molecular formula is C46H32. The molecule has 0 heterocycles. The second-order valence-corrected chi connectivity index (χ2v) is 13.2. The summed E-state index contributed by atoms with van der Waals surface area (Å²) in [5, 5.41) is 17.4. The van der Waals surface area contributed by atoms with Gasteiger partial charge in [0.25, 0.3) is 0 Å². The fourth-order valence-electron chi connectivity index (χ4n) is 8.47. The number of rotatable bonds is 2. The molecule has 0 unspecified atom stereocenters. The molecule has 1 aliphatic carbocycles. The lowest BCUT2D eigenvalue weighted by molar-refractivity contribution is 1.01. The van der Waals surface area contributed by atoms with Crippen molar-refractivity contribution in [2.75, 3.05) is 0 Å². The predicted octanol–water partition coefficient (Wildman–Crippen LogP) is 12.0. The first-order valence-corrected chi connectivity index (χ1v) is 16.5. The topological polar surface area (TPSA) is 0 Å². The van der Waals surface area contributed by atoms with Gasteiger partial charge in [-0.25, -0.2) is 0 Å². The van der Waals surface area contributed by atoms with Crippen molar-refractivity contribution in [2.24, 2.45) is 0 Å². The fraction of sp³-hybridized carbons (Fsp3) is 0.0870. The Bertz CT molecular complexity index is 2770. The maximum Gasteiger partial charge on any atom is -0.00206 e. The Balaban J connectivity index is 1.16. The summed E-state index contributed by atoms with van der Waals surface area (Å²) in [7, 11) is 0. The molecule has 10 rings (SSSR count). The summed E-state index contributed by atoms with van der Waals surface area (Å²) in [6.45, 7) is 4.37. The SMILES string of the molecule is C/C=c1/ccc2cc(C3=Cc4c(ccc5ccc(-c6ccc7ccc8cccc9ccc6c7c89)cc45)CC3)cc3ccc(C)c1c32. The van der Waals surface area contributed by atoms with Gasteiger partial charge in [-0.1, -0.05) is 115 Å². The highest BCUT2D eigenvalue weighted by Crippen LogP contribution is 2.42. The largest absolute Gasteiger partial charge is 0.0798 e. The zero-order valence-corrected chi connectivity index (χ0v) is 26.1. The molecule has 9 aromatic rings. The molecule has 0 nitrogen and oxygen atoms in total. The van der Waals surface area contributed by atoms with Crippen molar-refractivity contribution >= 4 is 82.4 Å². The van der Waals surface area contributed by atoms with Crippen molar-refractivity contribution in [3.63, 3.8) is 0 Å². The van der Waals surface area contributed by atoms with E-state index in [0.29, 0.717) is 0 Å². The third-order valence-electron chi connectivity index (χ3n) is 10.7. The standard InChI is InChI=1S/C46H32/c1-3-28-9-18-37-24-38(23-36-8-7-27(2)43(28)45(36)37)34-16-12-29-10-11-30-13-17-35(26-42(30)41(29)25-34)39-21-19-33-15-14-31-5-4-6-32-20-22-40(39)46(33)44(31)32/h3-11,13-15,17-26H,12,16H2,1-2H3/b28-3-. The van der Waals surface area contributed by atoms with E-state index >= 15 is 0 Å². The molecule has 9 aromatic carbocycles. The Morgan fingerprint density at radius 3 is 2.00 bits per heavy atom. The molecule has 0 saturated heterocycles. The van der Waals surface area contributed by atoms with Gasteiger partial charge in [-0.3, -0.25) is 0 Å². The van der Waals surface area contributed by atoms with Crippen LogP contribution in [0.3, 0.4) is 0 Å². The lowest BCUT2D eigenvalue weighted by atomic mass is 9.83. The van der Waals surface area contributed by atoms with E-state index in [0.717, 1.165) is 12.8 Å². The first-order chi connectivity index (χ1) is 22.6. The highest BCUT2D eigenvalue weighted by Gasteiger charge is 2.18. The van der Waals surface area contributed by atoms with Crippen LogP contribution in [-0.2, 0) is 6.42 Å². The maximum atomic E-state index is 2.49. The van der Waals surface area contributed by atoms with E-state index in [9.17, 15) is 0 Å². The van der Waals surface area contributed by atoms with Crippen LogP contribution in [0.5, 0.6) is 0 Å². The van der Waals surface area contributed by atoms with E-state index < -0.39 is 0 Å². The van der Waals surface area contributed by atoms with Crippen molar-refractivity contribution in [1.82, 2.24) is 0 Å². The average molecular weight is 585 g/mol. The summed E-state index contributed by atoms with van der Waals surface area (Å²) in [6, 6.07) is 46.2. The molecular weight excluding hydrogens is 553 g/mol. The van der Waals surface area contributed by atoms with Crippen molar-refractivity contribution in [3.05, 3.63) is 149 Å². The number of fused-ring (bicyclic) bond motifs is 3. The molecule has 0 bridgehead atoms. The Morgan fingerprint density at radius 1 is 0.500 bits per heavy atom. The minimum atomic E-state index is 1.06. The van der Waals surface area contributed by atoms with Gasteiger partial charge in [-0.15, -0.1) is 0 Å². The number of hydrogen-bond donors (Lipinski definition) is 0. The van der Waals surface area contributed by atoms with Gasteiger partial charge in [-0.2, -0.15) is 0 Å². The summed E-state index contributed by atoms with van der Waals surface area (Å²) < 4.78 is 0. The van der Waals surface area contributed by atoms with E-state index in [1.54, 1.807) is 0 Å². The van der Waals surface area contributed by atoms with Gasteiger partial charge >= 0.3 is 0 Å². The lowest BCUT2D eigenvalue weighted by Crippen LogP contribution is -2.04. The van der Waals surface area contributed by atoms with Crippen LogP contribution in [0.15, 0.2) is 121 Å². The van der Waals surface area contributed by atoms with Crippen LogP contribution in [0.1, 0.15) is 35.6 Å². The van der Waals surface area contributed by atoms with Gasteiger partial charge < -0.3 is 0 Å². The predicted molar refractivity (Wildman–Crippen MR) is 201 cm³/mol. The van der Waals surface area contributed by atoms with E-state index in [4.69, 9.17) is 0 Å². The normalized spacial score (nSPS) is 14.0. The van der Waals surface area contributed by atoms with Gasteiger partial charge in [0, 0.05) is 0 Å². The molecule has 0 spiro atoms. The molecule has 0 radical (unpaired) electrons. The fourth-order valence-corrected chi connectivity index (χ4v) is 8.47. The minimum absolute atomic E-state index is 1.06. The van der Waals surface area contributed by atoms with Crippen LogP contribution in [0.4, 0.5) is 0 Å². The third kappa shape index (κ3) is 3.62. The maximum absolute atomic E-state index is 2.49. The number of aryl methyl sites for hydroxylation is 2. The lowest BCUT2D eigenvalue weighted by Gasteiger charge is -2.21. The van der Waals surface area contributed by atoms with Crippen LogP contribution in [-0.4, -0.2) is 0 Å². The molecule has 216 valence electrons. The van der Waals surface area contributed by atoms with Gasteiger partial charge in [0.1, 0.15) is 0 Å². The quantitative estimate of drug-likeness (QED) is 0.177. The summed E-state index contributed by atoms with van der Waals surface area (Å²) >= 11 is 0. The Morgan fingerprint density at radius 2 is 1.17 bits per heavy atom. The monoisotopic (exact) mass is 584 g/mol. The molecule has 46 heavy (non-hydrogen) atoms. The van der Waals surface area contributed by atoms with Crippen LogP contribution in [0.2, 0.25) is 0 Å². The van der Waals surface area contributed by atoms with Gasteiger partial charge in [0.2, 0.25) is 0 Å². The van der Waals surface area contributed by atoms with Gasteiger partial charge in [0.05, 0.1) is 0 Å².